The van der Waals surface area contributed by atoms with E-state index in [9.17, 15) is 0 Å². The van der Waals surface area contributed by atoms with E-state index in [4.69, 9.17) is 5.41 Å². The standard InChI is InChI=1S/C16H23N/c1-5-12(2)7-6-8-16-13(3)9-15(11-17)10-14(16)4/h9-11,17H,2,5-8H2,1,3-4H3. The first-order chi connectivity index (χ1) is 8.08. The third kappa shape index (κ3) is 3.85. The monoisotopic (exact) mass is 229 g/mol. The highest BCUT2D eigenvalue weighted by Gasteiger charge is 2.04. The lowest BCUT2D eigenvalue weighted by Crippen LogP contribution is -1.97. The van der Waals surface area contributed by atoms with E-state index in [1.54, 1.807) is 0 Å². The Morgan fingerprint density at radius 3 is 2.35 bits per heavy atom. The van der Waals surface area contributed by atoms with Crippen LogP contribution in [-0.4, -0.2) is 6.21 Å². The van der Waals surface area contributed by atoms with Crippen molar-refractivity contribution in [2.24, 2.45) is 0 Å². The van der Waals surface area contributed by atoms with Crippen LogP contribution in [0.3, 0.4) is 0 Å². The molecule has 0 amide bonds. The van der Waals surface area contributed by atoms with E-state index >= 15 is 0 Å². The number of benzene rings is 1. The number of hydrogen-bond donors (Lipinski definition) is 1. The van der Waals surface area contributed by atoms with E-state index in [-0.39, 0.29) is 0 Å². The van der Waals surface area contributed by atoms with Crippen LogP contribution < -0.4 is 0 Å². The molecular formula is C16H23N. The summed E-state index contributed by atoms with van der Waals surface area (Å²) >= 11 is 0. The molecule has 0 heterocycles. The second kappa shape index (κ2) is 6.39. The zero-order valence-corrected chi connectivity index (χ0v) is 11.3. The van der Waals surface area contributed by atoms with Crippen molar-refractivity contribution in [3.8, 4) is 0 Å². The van der Waals surface area contributed by atoms with Gasteiger partial charge in [-0.1, -0.05) is 31.2 Å². The van der Waals surface area contributed by atoms with Crippen LogP contribution in [0.25, 0.3) is 0 Å². The van der Waals surface area contributed by atoms with E-state index in [0.29, 0.717) is 0 Å². The largest absolute Gasteiger partial charge is 0.308 e. The van der Waals surface area contributed by atoms with E-state index in [1.807, 2.05) is 0 Å². The number of rotatable bonds is 6. The fourth-order valence-electron chi connectivity index (χ4n) is 2.20. The summed E-state index contributed by atoms with van der Waals surface area (Å²) in [5.41, 5.74) is 6.41. The third-order valence-corrected chi connectivity index (χ3v) is 3.34. The molecule has 0 unspecified atom stereocenters. The van der Waals surface area contributed by atoms with Crippen molar-refractivity contribution in [1.82, 2.24) is 0 Å². The maximum Gasteiger partial charge on any atom is 0.0250 e. The lowest BCUT2D eigenvalue weighted by Gasteiger charge is -2.11. The third-order valence-electron chi connectivity index (χ3n) is 3.34. The van der Waals surface area contributed by atoms with Gasteiger partial charge in [0.05, 0.1) is 0 Å². The Bertz CT molecular complexity index is 393. The van der Waals surface area contributed by atoms with Gasteiger partial charge in [-0.05, 0) is 61.8 Å². The Balaban J connectivity index is 2.71. The van der Waals surface area contributed by atoms with Gasteiger partial charge in [-0.25, -0.2) is 0 Å². The lowest BCUT2D eigenvalue weighted by molar-refractivity contribution is 0.783. The fraction of sp³-hybridized carbons (Fsp3) is 0.438. The minimum absolute atomic E-state index is 1.00. The molecule has 1 N–H and O–H groups in total. The summed E-state index contributed by atoms with van der Waals surface area (Å²) in [5.74, 6) is 0. The van der Waals surface area contributed by atoms with E-state index < -0.39 is 0 Å². The summed E-state index contributed by atoms with van der Waals surface area (Å²) in [5, 5.41) is 7.29. The second-order valence-corrected chi connectivity index (χ2v) is 4.73. The van der Waals surface area contributed by atoms with Crippen molar-refractivity contribution >= 4 is 6.21 Å². The van der Waals surface area contributed by atoms with Crippen molar-refractivity contribution in [2.45, 2.75) is 46.5 Å². The first-order valence-corrected chi connectivity index (χ1v) is 6.35. The quantitative estimate of drug-likeness (QED) is 0.545. The molecule has 0 bridgehead atoms. The van der Waals surface area contributed by atoms with Gasteiger partial charge >= 0.3 is 0 Å². The predicted octanol–water partition coefficient (Wildman–Crippen LogP) is 4.59. The van der Waals surface area contributed by atoms with Gasteiger partial charge in [0.2, 0.25) is 0 Å². The molecule has 0 atom stereocenters. The summed E-state index contributed by atoms with van der Waals surface area (Å²) in [6, 6.07) is 4.20. The molecule has 17 heavy (non-hydrogen) atoms. The topological polar surface area (TPSA) is 23.9 Å². The Morgan fingerprint density at radius 2 is 1.88 bits per heavy atom. The van der Waals surface area contributed by atoms with Crippen LogP contribution in [0.5, 0.6) is 0 Å². The average Bonchev–Trinajstić information content (AvgIpc) is 2.31. The number of hydrogen-bond acceptors (Lipinski definition) is 1. The molecule has 0 fully saturated rings. The Morgan fingerprint density at radius 1 is 1.29 bits per heavy atom. The molecule has 1 aromatic rings. The van der Waals surface area contributed by atoms with Crippen molar-refractivity contribution < 1.29 is 0 Å². The zero-order valence-electron chi connectivity index (χ0n) is 11.3. The molecule has 0 saturated heterocycles. The van der Waals surface area contributed by atoms with Gasteiger partial charge in [0.25, 0.3) is 0 Å². The van der Waals surface area contributed by atoms with Crippen LogP contribution in [0.4, 0.5) is 0 Å². The van der Waals surface area contributed by atoms with Crippen molar-refractivity contribution in [2.75, 3.05) is 0 Å². The molecular weight excluding hydrogens is 206 g/mol. The van der Waals surface area contributed by atoms with Crippen LogP contribution >= 0.6 is 0 Å². The molecule has 1 aromatic carbocycles. The summed E-state index contributed by atoms with van der Waals surface area (Å²) in [6.07, 6.45) is 5.93. The summed E-state index contributed by atoms with van der Waals surface area (Å²) in [6.45, 7) is 10.5. The molecule has 1 heteroatoms. The van der Waals surface area contributed by atoms with Crippen LogP contribution in [0, 0.1) is 19.3 Å². The molecule has 0 radical (unpaired) electrons. The minimum atomic E-state index is 1.00. The van der Waals surface area contributed by atoms with E-state index in [1.165, 1.54) is 34.9 Å². The second-order valence-electron chi connectivity index (χ2n) is 4.73. The molecule has 1 nitrogen and oxygen atoms in total. The molecule has 0 saturated carbocycles. The van der Waals surface area contributed by atoms with Crippen molar-refractivity contribution in [3.63, 3.8) is 0 Å². The van der Waals surface area contributed by atoms with Gasteiger partial charge in [0.1, 0.15) is 0 Å². The zero-order chi connectivity index (χ0) is 12.8. The van der Waals surface area contributed by atoms with Crippen LogP contribution in [0.1, 0.15) is 48.4 Å². The van der Waals surface area contributed by atoms with Gasteiger partial charge in [-0.3, -0.25) is 0 Å². The van der Waals surface area contributed by atoms with E-state index in [0.717, 1.165) is 24.8 Å². The maximum absolute atomic E-state index is 7.29. The molecule has 0 aromatic heterocycles. The van der Waals surface area contributed by atoms with Crippen LogP contribution in [0.15, 0.2) is 24.3 Å². The van der Waals surface area contributed by atoms with Gasteiger partial charge in [-0.2, -0.15) is 0 Å². The van der Waals surface area contributed by atoms with Gasteiger partial charge in [0.15, 0.2) is 0 Å². The summed E-state index contributed by atoms with van der Waals surface area (Å²) in [7, 11) is 0. The summed E-state index contributed by atoms with van der Waals surface area (Å²) < 4.78 is 0. The minimum Gasteiger partial charge on any atom is -0.308 e. The average molecular weight is 229 g/mol. The van der Waals surface area contributed by atoms with Crippen molar-refractivity contribution in [1.29, 1.82) is 5.41 Å². The predicted molar refractivity (Wildman–Crippen MR) is 76.2 cm³/mol. The molecule has 92 valence electrons. The first kappa shape index (κ1) is 13.7. The number of nitrogens with one attached hydrogen (secondary N) is 1. The molecule has 0 aliphatic rings. The summed E-state index contributed by atoms with van der Waals surface area (Å²) in [4.78, 5) is 0. The van der Waals surface area contributed by atoms with Gasteiger partial charge < -0.3 is 5.41 Å². The molecule has 0 aliphatic heterocycles. The van der Waals surface area contributed by atoms with Crippen LogP contribution in [0.2, 0.25) is 0 Å². The normalized spacial score (nSPS) is 10.3. The number of aryl methyl sites for hydroxylation is 2. The highest BCUT2D eigenvalue weighted by Crippen LogP contribution is 2.19. The maximum atomic E-state index is 7.29. The SMILES string of the molecule is C=C(CC)CCCc1c(C)cc(C=N)cc1C. The highest BCUT2D eigenvalue weighted by molar-refractivity contribution is 5.78. The fourth-order valence-corrected chi connectivity index (χ4v) is 2.20. The van der Waals surface area contributed by atoms with Crippen molar-refractivity contribution in [3.05, 3.63) is 46.5 Å². The highest BCUT2D eigenvalue weighted by atomic mass is 14.3. The molecule has 0 spiro atoms. The van der Waals surface area contributed by atoms with Crippen LogP contribution in [-0.2, 0) is 6.42 Å². The Labute approximate surface area is 105 Å². The molecule has 0 aliphatic carbocycles. The number of allylic oxidation sites excluding steroid dienone is 1. The Kier molecular flexibility index (Phi) is 5.14. The lowest BCUT2D eigenvalue weighted by atomic mass is 9.94. The first-order valence-electron chi connectivity index (χ1n) is 6.35. The van der Waals surface area contributed by atoms with Gasteiger partial charge in [-0.15, -0.1) is 0 Å². The Hall–Kier alpha value is -1.37. The van der Waals surface area contributed by atoms with Gasteiger partial charge in [0, 0.05) is 6.21 Å². The smallest absolute Gasteiger partial charge is 0.0250 e. The van der Waals surface area contributed by atoms with E-state index in [2.05, 4.69) is 39.5 Å². The molecule has 1 rings (SSSR count).